The van der Waals surface area contributed by atoms with Crippen molar-refractivity contribution in [3.63, 3.8) is 0 Å². The Morgan fingerprint density at radius 3 is 2.53 bits per heavy atom. The minimum atomic E-state index is -1.23. The summed E-state index contributed by atoms with van der Waals surface area (Å²) in [6.45, 7) is 3.21. The summed E-state index contributed by atoms with van der Waals surface area (Å²) in [7, 11) is 3.95. The van der Waals surface area contributed by atoms with Crippen molar-refractivity contribution >= 4 is 39.4 Å². The normalized spacial score (nSPS) is 20.4. The Morgan fingerprint density at radius 2 is 1.85 bits per heavy atom. The quantitative estimate of drug-likeness (QED) is 0.228. The van der Waals surface area contributed by atoms with Gasteiger partial charge in [-0.25, -0.2) is 18.0 Å². The fourth-order valence-electron chi connectivity index (χ4n) is 7.22. The smallest absolute Gasteiger partial charge is 0.322 e. The second kappa shape index (κ2) is 11.3. The monoisotopic (exact) mass is 648 g/mol. The zero-order valence-electron chi connectivity index (χ0n) is 26.3. The number of nitrogens with one attached hydrogen (secondary N) is 2. The minimum absolute atomic E-state index is 0.0129. The molecular weight excluding hydrogens is 613 g/mol. The van der Waals surface area contributed by atoms with Crippen LogP contribution in [0.4, 0.5) is 23.8 Å². The number of phenolic OH excluding ortho intramolecular Hbond substituents is 1. The highest BCUT2D eigenvalue weighted by atomic mass is 19.1. The van der Waals surface area contributed by atoms with E-state index >= 15 is 8.78 Å². The predicted molar refractivity (Wildman–Crippen MR) is 170 cm³/mol. The van der Waals surface area contributed by atoms with Crippen LogP contribution in [0.2, 0.25) is 0 Å². The Hall–Kier alpha value is -4.65. The Bertz CT molecular complexity index is 1970. The van der Waals surface area contributed by atoms with Crippen LogP contribution in [0.1, 0.15) is 38.2 Å². The summed E-state index contributed by atoms with van der Waals surface area (Å²) in [5, 5.41) is 16.3. The number of ether oxygens (including phenoxy) is 1. The molecule has 3 aromatic carbocycles. The largest absolute Gasteiger partial charge is 0.508 e. The number of rotatable bonds is 8. The third-order valence-corrected chi connectivity index (χ3v) is 9.54. The van der Waals surface area contributed by atoms with Gasteiger partial charge in [0.2, 0.25) is 0 Å². The maximum Gasteiger partial charge on any atom is 0.322 e. The highest BCUT2D eigenvalue weighted by Crippen LogP contribution is 2.47. The highest BCUT2D eigenvalue weighted by molar-refractivity contribution is 6.08. The first-order chi connectivity index (χ1) is 22.4. The number of hydrogen-bond acceptors (Lipinski definition) is 8. The number of phenols is 1. The number of imide groups is 1. The zero-order valence-corrected chi connectivity index (χ0v) is 26.3. The number of amides is 3. The van der Waals surface area contributed by atoms with Crippen molar-refractivity contribution < 1.29 is 32.6 Å². The number of hydrogen-bond donors (Lipinski definition) is 3. The topological polar surface area (TPSA) is 120 Å². The van der Waals surface area contributed by atoms with Gasteiger partial charge in [0.25, 0.3) is 5.91 Å². The molecule has 3 N–H and O–H groups in total. The Kier molecular flexibility index (Phi) is 7.42. The van der Waals surface area contributed by atoms with Gasteiger partial charge < -0.3 is 25.0 Å². The van der Waals surface area contributed by atoms with Crippen molar-refractivity contribution in [2.45, 2.75) is 44.6 Å². The lowest BCUT2D eigenvalue weighted by Gasteiger charge is -2.39. The summed E-state index contributed by atoms with van der Waals surface area (Å²) >= 11 is 0. The van der Waals surface area contributed by atoms with Gasteiger partial charge in [-0.1, -0.05) is 13.0 Å². The first-order valence-electron chi connectivity index (χ1n) is 15.7. The van der Waals surface area contributed by atoms with E-state index in [1.54, 1.807) is 11.8 Å². The molecule has 7 rings (SSSR count). The Balaban J connectivity index is 1.41. The van der Waals surface area contributed by atoms with Crippen LogP contribution in [0.25, 0.3) is 32.8 Å². The average Bonchev–Trinajstić information content (AvgIpc) is 3.72. The van der Waals surface area contributed by atoms with Crippen LogP contribution in [0, 0.1) is 22.9 Å². The van der Waals surface area contributed by atoms with Gasteiger partial charge in [0.15, 0.2) is 5.82 Å². The lowest BCUT2D eigenvalue weighted by atomic mass is 9.89. The van der Waals surface area contributed by atoms with E-state index in [9.17, 15) is 19.1 Å². The molecule has 0 bridgehead atoms. The summed E-state index contributed by atoms with van der Waals surface area (Å²) in [6, 6.07) is 5.77. The number of anilines is 1. The average molecular weight is 649 g/mol. The lowest BCUT2D eigenvalue weighted by Crippen LogP contribution is -2.58. The van der Waals surface area contributed by atoms with Crippen molar-refractivity contribution in [1.29, 1.82) is 0 Å². The van der Waals surface area contributed by atoms with Crippen molar-refractivity contribution in [3.05, 3.63) is 53.3 Å². The molecule has 4 aromatic rings. The molecule has 1 unspecified atom stereocenters. The third kappa shape index (κ3) is 5.35. The number of carbonyl (C=O) groups is 2. The van der Waals surface area contributed by atoms with Crippen LogP contribution in [0.15, 0.2) is 30.3 Å². The molecule has 13 heteroatoms. The van der Waals surface area contributed by atoms with Gasteiger partial charge in [-0.3, -0.25) is 10.1 Å². The number of benzene rings is 3. The molecular formula is C34H35F3N6O4. The molecule has 3 heterocycles. The second-order valence-corrected chi connectivity index (χ2v) is 13.3. The molecule has 1 aromatic heterocycles. The van der Waals surface area contributed by atoms with E-state index in [2.05, 4.69) is 25.5 Å². The van der Waals surface area contributed by atoms with Crippen molar-refractivity contribution in [2.75, 3.05) is 45.2 Å². The van der Waals surface area contributed by atoms with Gasteiger partial charge in [-0.15, -0.1) is 0 Å². The number of aromatic nitrogens is 2. The molecule has 1 saturated carbocycles. The molecule has 1 spiro atoms. The maximum atomic E-state index is 16.9. The second-order valence-electron chi connectivity index (χ2n) is 13.3. The van der Waals surface area contributed by atoms with Gasteiger partial charge in [-0.05, 0) is 92.4 Å². The fraction of sp³-hybridized carbons (Fsp3) is 0.412. The first kappa shape index (κ1) is 31.0. The molecule has 47 heavy (non-hydrogen) atoms. The van der Waals surface area contributed by atoms with E-state index in [0.717, 1.165) is 25.5 Å². The summed E-state index contributed by atoms with van der Waals surface area (Å²) in [6.07, 6.45) is 3.01. The number of halogens is 3. The zero-order chi connectivity index (χ0) is 33.2. The van der Waals surface area contributed by atoms with Crippen molar-refractivity contribution in [1.82, 2.24) is 25.5 Å². The Labute approximate surface area is 268 Å². The molecule has 1 aliphatic carbocycles. The highest BCUT2D eigenvalue weighted by Gasteiger charge is 2.49. The SMILES string of the molecule is CCc1c(F)ccc2cc(O)cc(-c3c(F)cc4c(N5CCCC6(C5)NC(=O)NC6=O)nc(OCC5(CN(C)C)CC5)nc4c3F)c12. The summed E-state index contributed by atoms with van der Waals surface area (Å²) in [5.41, 5.74) is -1.79. The number of aryl methyl sites for hydroxylation is 1. The van der Waals surface area contributed by atoms with E-state index in [1.807, 2.05) is 14.1 Å². The number of fused-ring (bicyclic) bond motifs is 2. The van der Waals surface area contributed by atoms with Gasteiger partial charge in [0, 0.05) is 23.9 Å². The van der Waals surface area contributed by atoms with Crippen LogP contribution in [-0.4, -0.2) is 77.8 Å². The molecule has 1 atom stereocenters. The lowest BCUT2D eigenvalue weighted by molar-refractivity contribution is -0.124. The fourth-order valence-corrected chi connectivity index (χ4v) is 7.22. The van der Waals surface area contributed by atoms with Gasteiger partial charge in [0.1, 0.15) is 34.3 Å². The van der Waals surface area contributed by atoms with Crippen LogP contribution in [-0.2, 0) is 11.2 Å². The van der Waals surface area contributed by atoms with E-state index in [1.165, 1.54) is 24.3 Å². The van der Waals surface area contributed by atoms with Crippen LogP contribution < -0.4 is 20.3 Å². The molecule has 3 fully saturated rings. The summed E-state index contributed by atoms with van der Waals surface area (Å²) < 4.78 is 54.3. The van der Waals surface area contributed by atoms with E-state index in [4.69, 9.17) is 4.74 Å². The minimum Gasteiger partial charge on any atom is -0.508 e. The summed E-state index contributed by atoms with van der Waals surface area (Å²) in [5.74, 6) is -3.08. The molecule has 2 saturated heterocycles. The molecule has 0 radical (unpaired) electrons. The van der Waals surface area contributed by atoms with E-state index in [0.29, 0.717) is 24.8 Å². The van der Waals surface area contributed by atoms with Gasteiger partial charge in [-0.2, -0.15) is 9.97 Å². The number of piperidine rings is 1. The molecule has 246 valence electrons. The van der Waals surface area contributed by atoms with Crippen LogP contribution in [0.3, 0.4) is 0 Å². The standard InChI is InChI=1S/C34H35F3N6O4/c1-4-20-23(35)7-6-18-12-19(44)13-21(25(18)20)26-24(36)14-22-28(27(26)37)38-32(47-17-33(9-10-33)15-42(2)3)39-29(22)43-11-5-8-34(16-43)30(45)40-31(46)41-34/h6-7,12-14,44H,4-5,8-11,15-17H2,1-3H3,(H2,40,41,45,46). The third-order valence-electron chi connectivity index (χ3n) is 9.54. The van der Waals surface area contributed by atoms with E-state index < -0.39 is 40.5 Å². The predicted octanol–water partition coefficient (Wildman–Crippen LogP) is 5.03. The number of nitrogens with zero attached hydrogens (tertiary/aromatic N) is 4. The van der Waals surface area contributed by atoms with E-state index in [-0.39, 0.29) is 70.0 Å². The molecule has 3 aliphatic rings. The van der Waals surface area contributed by atoms with Crippen molar-refractivity contribution in [3.8, 4) is 22.9 Å². The molecule has 3 amide bonds. The maximum absolute atomic E-state index is 16.9. The number of urea groups is 1. The molecule has 10 nitrogen and oxygen atoms in total. The van der Waals surface area contributed by atoms with Crippen LogP contribution in [0.5, 0.6) is 11.8 Å². The van der Waals surface area contributed by atoms with Gasteiger partial charge in [0.05, 0.1) is 18.7 Å². The number of aromatic hydroxyl groups is 1. The summed E-state index contributed by atoms with van der Waals surface area (Å²) in [4.78, 5) is 37.8. The molecule has 2 aliphatic heterocycles. The van der Waals surface area contributed by atoms with Crippen molar-refractivity contribution in [2.24, 2.45) is 5.41 Å². The van der Waals surface area contributed by atoms with Gasteiger partial charge >= 0.3 is 12.0 Å². The first-order valence-corrected chi connectivity index (χ1v) is 15.7. The number of carbonyl (C=O) groups excluding carboxylic acids is 2. The van der Waals surface area contributed by atoms with Crippen LogP contribution >= 0.6 is 0 Å². The Morgan fingerprint density at radius 1 is 1.06 bits per heavy atom.